The van der Waals surface area contributed by atoms with Gasteiger partial charge in [-0.05, 0) is 6.92 Å². The van der Waals surface area contributed by atoms with Crippen LogP contribution in [-0.4, -0.2) is 20.2 Å². The number of aryl methyl sites for hydroxylation is 1. The first-order chi connectivity index (χ1) is 5.38. The molecule has 0 saturated carbocycles. The SMILES string of the molecule is Cc1ncoc1-c1nnc[nH]1. The second-order valence-electron chi connectivity index (χ2n) is 2.10. The number of H-pyrrole nitrogens is 1. The number of hydrogen-bond acceptors (Lipinski definition) is 4. The number of nitrogens with one attached hydrogen (secondary N) is 1. The number of rotatable bonds is 1. The van der Waals surface area contributed by atoms with Crippen molar-refractivity contribution in [1.29, 1.82) is 0 Å². The van der Waals surface area contributed by atoms with E-state index >= 15 is 0 Å². The molecule has 0 bridgehead atoms. The third-order valence-electron chi connectivity index (χ3n) is 1.38. The Kier molecular flexibility index (Phi) is 1.21. The molecule has 0 unspecified atom stereocenters. The van der Waals surface area contributed by atoms with E-state index in [1.165, 1.54) is 12.7 Å². The van der Waals surface area contributed by atoms with Gasteiger partial charge < -0.3 is 9.40 Å². The molecule has 2 heterocycles. The van der Waals surface area contributed by atoms with Gasteiger partial charge in [0.25, 0.3) is 0 Å². The van der Waals surface area contributed by atoms with Crippen LogP contribution in [0, 0.1) is 6.92 Å². The minimum absolute atomic E-state index is 0.611. The van der Waals surface area contributed by atoms with Crippen molar-refractivity contribution in [1.82, 2.24) is 20.2 Å². The predicted molar refractivity (Wildman–Crippen MR) is 36.6 cm³/mol. The molecule has 0 fully saturated rings. The Hall–Kier alpha value is -1.65. The van der Waals surface area contributed by atoms with Crippen LogP contribution in [0.5, 0.6) is 0 Å². The number of hydrogen-bond donors (Lipinski definition) is 1. The zero-order valence-electron chi connectivity index (χ0n) is 5.90. The van der Waals surface area contributed by atoms with Crippen LogP contribution >= 0.6 is 0 Å². The summed E-state index contributed by atoms with van der Waals surface area (Å²) in [6, 6.07) is 0. The first kappa shape index (κ1) is 6.09. The summed E-state index contributed by atoms with van der Waals surface area (Å²) in [5.74, 6) is 1.25. The Labute approximate surface area is 62.5 Å². The fourth-order valence-corrected chi connectivity index (χ4v) is 0.846. The molecular weight excluding hydrogens is 144 g/mol. The summed E-state index contributed by atoms with van der Waals surface area (Å²) in [7, 11) is 0. The molecule has 56 valence electrons. The fraction of sp³-hybridized carbons (Fsp3) is 0.167. The molecule has 5 nitrogen and oxygen atoms in total. The van der Waals surface area contributed by atoms with Crippen LogP contribution in [0.2, 0.25) is 0 Å². The molecule has 0 aliphatic heterocycles. The minimum atomic E-state index is 0.611. The standard InChI is InChI=1S/C6H6N4O/c1-4-5(11-3-8-4)6-7-2-9-10-6/h2-3H,1H3,(H,7,9,10). The molecule has 5 heteroatoms. The van der Waals surface area contributed by atoms with E-state index in [0.29, 0.717) is 11.6 Å². The Balaban J connectivity index is 2.53. The zero-order chi connectivity index (χ0) is 7.68. The summed E-state index contributed by atoms with van der Waals surface area (Å²) in [6.07, 6.45) is 2.88. The van der Waals surface area contributed by atoms with Gasteiger partial charge in [-0.3, -0.25) is 0 Å². The van der Waals surface area contributed by atoms with E-state index in [9.17, 15) is 0 Å². The molecule has 0 spiro atoms. The lowest BCUT2D eigenvalue weighted by molar-refractivity contribution is 0.567. The Bertz CT molecular complexity index is 337. The van der Waals surface area contributed by atoms with Gasteiger partial charge in [0.1, 0.15) is 6.33 Å². The predicted octanol–water partition coefficient (Wildman–Crippen LogP) is 0.768. The normalized spacial score (nSPS) is 10.3. The van der Waals surface area contributed by atoms with Crippen LogP contribution < -0.4 is 0 Å². The number of aromatic amines is 1. The zero-order valence-corrected chi connectivity index (χ0v) is 5.90. The highest BCUT2D eigenvalue weighted by atomic mass is 16.3. The summed E-state index contributed by atoms with van der Waals surface area (Å²) in [5, 5.41) is 7.41. The van der Waals surface area contributed by atoms with Crippen LogP contribution in [0.25, 0.3) is 11.6 Å². The molecule has 0 saturated heterocycles. The van der Waals surface area contributed by atoms with Crippen LogP contribution in [0.4, 0.5) is 0 Å². The van der Waals surface area contributed by atoms with E-state index < -0.39 is 0 Å². The average Bonchev–Trinajstić information content (AvgIpc) is 2.55. The summed E-state index contributed by atoms with van der Waals surface area (Å²) in [4.78, 5) is 6.74. The lowest BCUT2D eigenvalue weighted by atomic mass is 10.3. The molecule has 0 radical (unpaired) electrons. The number of aromatic nitrogens is 4. The molecule has 0 aliphatic carbocycles. The maximum Gasteiger partial charge on any atom is 0.198 e. The molecule has 0 aromatic carbocycles. The second-order valence-corrected chi connectivity index (χ2v) is 2.10. The highest BCUT2D eigenvalue weighted by Gasteiger charge is 2.08. The lowest BCUT2D eigenvalue weighted by Crippen LogP contribution is -1.80. The summed E-state index contributed by atoms with van der Waals surface area (Å²) in [5.41, 5.74) is 0.807. The molecule has 11 heavy (non-hydrogen) atoms. The van der Waals surface area contributed by atoms with Crippen LogP contribution in [0.1, 0.15) is 5.69 Å². The van der Waals surface area contributed by atoms with Gasteiger partial charge in [0.05, 0.1) is 5.69 Å². The van der Waals surface area contributed by atoms with Crippen molar-refractivity contribution >= 4 is 0 Å². The third kappa shape index (κ3) is 0.899. The molecule has 1 N–H and O–H groups in total. The highest BCUT2D eigenvalue weighted by Crippen LogP contribution is 2.16. The number of nitrogens with zero attached hydrogens (tertiary/aromatic N) is 3. The Morgan fingerprint density at radius 3 is 3.00 bits per heavy atom. The van der Waals surface area contributed by atoms with Gasteiger partial charge in [-0.15, -0.1) is 10.2 Å². The van der Waals surface area contributed by atoms with Crippen LogP contribution in [0.3, 0.4) is 0 Å². The van der Waals surface area contributed by atoms with E-state index in [2.05, 4.69) is 20.2 Å². The van der Waals surface area contributed by atoms with Gasteiger partial charge >= 0.3 is 0 Å². The maximum absolute atomic E-state index is 5.06. The minimum Gasteiger partial charge on any atom is -0.440 e. The van der Waals surface area contributed by atoms with E-state index in [4.69, 9.17) is 4.42 Å². The van der Waals surface area contributed by atoms with Crippen molar-refractivity contribution in [2.24, 2.45) is 0 Å². The monoisotopic (exact) mass is 150 g/mol. The first-order valence-electron chi connectivity index (χ1n) is 3.14. The van der Waals surface area contributed by atoms with Gasteiger partial charge in [-0.25, -0.2) is 4.98 Å². The van der Waals surface area contributed by atoms with E-state index in [0.717, 1.165) is 5.69 Å². The summed E-state index contributed by atoms with van der Waals surface area (Å²) in [6.45, 7) is 1.85. The molecule has 2 aromatic heterocycles. The summed E-state index contributed by atoms with van der Waals surface area (Å²) < 4.78 is 5.06. The largest absolute Gasteiger partial charge is 0.440 e. The van der Waals surface area contributed by atoms with Gasteiger partial charge in [0.15, 0.2) is 18.0 Å². The van der Waals surface area contributed by atoms with Crippen molar-refractivity contribution in [3.8, 4) is 11.6 Å². The van der Waals surface area contributed by atoms with Crippen molar-refractivity contribution in [3.05, 3.63) is 18.4 Å². The van der Waals surface area contributed by atoms with Gasteiger partial charge in [0.2, 0.25) is 0 Å². The van der Waals surface area contributed by atoms with Crippen LogP contribution in [0.15, 0.2) is 17.1 Å². The van der Waals surface area contributed by atoms with Crippen LogP contribution in [-0.2, 0) is 0 Å². The lowest BCUT2D eigenvalue weighted by Gasteiger charge is -1.86. The van der Waals surface area contributed by atoms with Gasteiger partial charge in [-0.1, -0.05) is 0 Å². The maximum atomic E-state index is 5.06. The smallest absolute Gasteiger partial charge is 0.198 e. The molecule has 2 rings (SSSR count). The second kappa shape index (κ2) is 2.19. The fourth-order valence-electron chi connectivity index (χ4n) is 0.846. The highest BCUT2D eigenvalue weighted by molar-refractivity contribution is 5.47. The average molecular weight is 150 g/mol. The topological polar surface area (TPSA) is 67.6 Å². The molecule has 2 aromatic rings. The Morgan fingerprint density at radius 2 is 2.45 bits per heavy atom. The Morgan fingerprint density at radius 1 is 1.55 bits per heavy atom. The molecular formula is C6H6N4O. The van der Waals surface area contributed by atoms with Crippen molar-refractivity contribution < 1.29 is 4.42 Å². The molecule has 0 aliphatic rings. The number of oxazole rings is 1. The van der Waals surface area contributed by atoms with E-state index in [1.807, 2.05) is 6.92 Å². The van der Waals surface area contributed by atoms with Crippen molar-refractivity contribution in [2.45, 2.75) is 6.92 Å². The van der Waals surface area contributed by atoms with Gasteiger partial charge in [0, 0.05) is 0 Å². The molecule has 0 amide bonds. The van der Waals surface area contributed by atoms with E-state index in [1.54, 1.807) is 0 Å². The first-order valence-corrected chi connectivity index (χ1v) is 3.14. The van der Waals surface area contributed by atoms with Crippen molar-refractivity contribution in [2.75, 3.05) is 0 Å². The van der Waals surface area contributed by atoms with Crippen molar-refractivity contribution in [3.63, 3.8) is 0 Å². The van der Waals surface area contributed by atoms with E-state index in [-0.39, 0.29) is 0 Å². The van der Waals surface area contributed by atoms with Gasteiger partial charge in [-0.2, -0.15) is 0 Å². The molecule has 0 atom stereocenters. The quantitative estimate of drug-likeness (QED) is 0.651. The summed E-state index contributed by atoms with van der Waals surface area (Å²) >= 11 is 0. The third-order valence-corrected chi connectivity index (χ3v) is 1.38.